The van der Waals surface area contributed by atoms with Gasteiger partial charge in [-0.25, -0.2) is 0 Å². The molecule has 0 fully saturated rings. The maximum atomic E-state index is 4.38. The highest BCUT2D eigenvalue weighted by Crippen LogP contribution is 2.17. The summed E-state index contributed by atoms with van der Waals surface area (Å²) in [5, 5.41) is 7.60. The van der Waals surface area contributed by atoms with Gasteiger partial charge in [-0.05, 0) is 26.1 Å². The third-order valence-corrected chi connectivity index (χ3v) is 3.91. The predicted molar refractivity (Wildman–Crippen MR) is 76.9 cm³/mol. The van der Waals surface area contributed by atoms with Crippen molar-refractivity contribution in [2.45, 2.75) is 24.4 Å². The Bertz CT molecular complexity index is 467. The van der Waals surface area contributed by atoms with Crippen LogP contribution in [0.1, 0.15) is 18.5 Å². The third kappa shape index (κ3) is 3.62. The van der Waals surface area contributed by atoms with E-state index >= 15 is 0 Å². The van der Waals surface area contributed by atoms with Crippen molar-refractivity contribution in [2.24, 2.45) is 0 Å². The number of hydrogen-bond donors (Lipinski definition) is 1. The van der Waals surface area contributed by atoms with Crippen LogP contribution in [-0.2, 0) is 6.54 Å². The van der Waals surface area contributed by atoms with E-state index in [1.54, 1.807) is 0 Å². The molecule has 0 saturated carbocycles. The van der Waals surface area contributed by atoms with Crippen LogP contribution >= 0.6 is 11.8 Å². The normalized spacial score (nSPS) is 12.6. The quantitative estimate of drug-likeness (QED) is 0.811. The molecule has 0 aliphatic rings. The zero-order chi connectivity index (χ0) is 12.8. The highest BCUT2D eigenvalue weighted by molar-refractivity contribution is 7.99. The maximum absolute atomic E-state index is 4.38. The molecule has 1 unspecified atom stereocenters. The van der Waals surface area contributed by atoms with Crippen LogP contribution in [0.3, 0.4) is 0 Å². The number of hydrogen-bond acceptors (Lipinski definition) is 3. The monoisotopic (exact) mass is 261 g/mol. The van der Waals surface area contributed by atoms with Gasteiger partial charge in [0.2, 0.25) is 0 Å². The number of aromatic nitrogens is 2. The van der Waals surface area contributed by atoms with Gasteiger partial charge in [-0.2, -0.15) is 5.10 Å². The van der Waals surface area contributed by atoms with Crippen LogP contribution in [-0.4, -0.2) is 22.6 Å². The summed E-state index contributed by atoms with van der Waals surface area (Å²) in [6, 6.07) is 10.8. The van der Waals surface area contributed by atoms with E-state index in [0.717, 1.165) is 12.3 Å². The standard InChI is InChI=1S/C14H19N3S/c1-12(15-2)13-10-16-17(11-13)8-9-18-14-6-4-3-5-7-14/h3-7,10-12,15H,8-9H2,1-2H3. The van der Waals surface area contributed by atoms with Crippen molar-refractivity contribution >= 4 is 11.8 Å². The summed E-state index contributed by atoms with van der Waals surface area (Å²) in [6.45, 7) is 3.08. The third-order valence-electron chi connectivity index (χ3n) is 2.92. The first kappa shape index (κ1) is 13.2. The topological polar surface area (TPSA) is 29.9 Å². The fraction of sp³-hybridized carbons (Fsp3) is 0.357. The fourth-order valence-electron chi connectivity index (χ4n) is 1.67. The second kappa shape index (κ2) is 6.61. The highest BCUT2D eigenvalue weighted by atomic mass is 32.2. The van der Waals surface area contributed by atoms with Crippen LogP contribution in [0.4, 0.5) is 0 Å². The molecule has 0 spiro atoms. The summed E-state index contributed by atoms with van der Waals surface area (Å²) >= 11 is 1.86. The molecule has 4 heteroatoms. The van der Waals surface area contributed by atoms with Crippen LogP contribution in [0.25, 0.3) is 0 Å². The SMILES string of the molecule is CNC(C)c1cnn(CCSc2ccccc2)c1. The summed E-state index contributed by atoms with van der Waals surface area (Å²) in [4.78, 5) is 1.31. The molecule has 1 aromatic carbocycles. The molecule has 1 heterocycles. The minimum atomic E-state index is 0.362. The number of nitrogens with zero attached hydrogens (tertiary/aromatic N) is 2. The number of aryl methyl sites for hydroxylation is 1. The van der Waals surface area contributed by atoms with E-state index in [1.165, 1.54) is 10.5 Å². The molecule has 1 atom stereocenters. The highest BCUT2D eigenvalue weighted by Gasteiger charge is 2.05. The second-order valence-electron chi connectivity index (χ2n) is 4.21. The molecular formula is C14H19N3S. The zero-order valence-electron chi connectivity index (χ0n) is 10.8. The Hall–Kier alpha value is -1.26. The Morgan fingerprint density at radius 2 is 2.11 bits per heavy atom. The van der Waals surface area contributed by atoms with Gasteiger partial charge in [0, 0.05) is 28.5 Å². The first-order valence-electron chi connectivity index (χ1n) is 6.17. The number of benzene rings is 1. The molecular weight excluding hydrogens is 242 g/mol. The molecule has 0 aliphatic heterocycles. The minimum Gasteiger partial charge on any atom is -0.313 e. The van der Waals surface area contributed by atoms with E-state index in [1.807, 2.05) is 35.8 Å². The molecule has 1 aromatic heterocycles. The van der Waals surface area contributed by atoms with Crippen molar-refractivity contribution in [1.29, 1.82) is 0 Å². The molecule has 18 heavy (non-hydrogen) atoms. The lowest BCUT2D eigenvalue weighted by atomic mass is 10.2. The summed E-state index contributed by atoms with van der Waals surface area (Å²) < 4.78 is 2.01. The van der Waals surface area contributed by atoms with Gasteiger partial charge in [-0.3, -0.25) is 4.68 Å². The van der Waals surface area contributed by atoms with E-state index in [-0.39, 0.29) is 0 Å². The van der Waals surface area contributed by atoms with Crippen LogP contribution in [0, 0.1) is 0 Å². The van der Waals surface area contributed by atoms with Crippen molar-refractivity contribution < 1.29 is 0 Å². The molecule has 0 aliphatic carbocycles. The van der Waals surface area contributed by atoms with E-state index in [0.29, 0.717) is 6.04 Å². The van der Waals surface area contributed by atoms with E-state index < -0.39 is 0 Å². The average molecular weight is 261 g/mol. The van der Waals surface area contributed by atoms with Crippen LogP contribution < -0.4 is 5.32 Å². The lowest BCUT2D eigenvalue weighted by molar-refractivity contribution is 0.642. The summed E-state index contributed by atoms with van der Waals surface area (Å²) in [5.74, 6) is 1.04. The average Bonchev–Trinajstić information content (AvgIpc) is 2.88. The van der Waals surface area contributed by atoms with Crippen molar-refractivity contribution in [3.05, 3.63) is 48.3 Å². The molecule has 0 radical (unpaired) electrons. The molecule has 3 nitrogen and oxygen atoms in total. The Morgan fingerprint density at radius 3 is 2.83 bits per heavy atom. The summed E-state index contributed by atoms with van der Waals surface area (Å²) in [5.41, 5.74) is 1.24. The smallest absolute Gasteiger partial charge is 0.0537 e. The van der Waals surface area contributed by atoms with Crippen molar-refractivity contribution in [3.8, 4) is 0 Å². The Labute approximate surface area is 113 Å². The van der Waals surface area contributed by atoms with Gasteiger partial charge in [0.15, 0.2) is 0 Å². The lowest BCUT2D eigenvalue weighted by Crippen LogP contribution is -2.11. The van der Waals surface area contributed by atoms with Crippen LogP contribution in [0.2, 0.25) is 0 Å². The first-order valence-corrected chi connectivity index (χ1v) is 7.15. The van der Waals surface area contributed by atoms with Crippen molar-refractivity contribution in [2.75, 3.05) is 12.8 Å². The second-order valence-corrected chi connectivity index (χ2v) is 5.38. The zero-order valence-corrected chi connectivity index (χ0v) is 11.7. The summed E-state index contributed by atoms with van der Waals surface area (Å²) in [6.07, 6.45) is 4.06. The van der Waals surface area contributed by atoms with E-state index in [9.17, 15) is 0 Å². The van der Waals surface area contributed by atoms with Gasteiger partial charge in [-0.1, -0.05) is 18.2 Å². The van der Waals surface area contributed by atoms with Gasteiger partial charge in [0.25, 0.3) is 0 Å². The molecule has 0 saturated heterocycles. The van der Waals surface area contributed by atoms with Gasteiger partial charge in [0.1, 0.15) is 0 Å². The maximum Gasteiger partial charge on any atom is 0.0537 e. The Kier molecular flexibility index (Phi) is 4.84. The van der Waals surface area contributed by atoms with Crippen molar-refractivity contribution in [1.82, 2.24) is 15.1 Å². The van der Waals surface area contributed by atoms with Crippen molar-refractivity contribution in [3.63, 3.8) is 0 Å². The number of thioether (sulfide) groups is 1. The molecule has 0 amide bonds. The number of nitrogens with one attached hydrogen (secondary N) is 1. The van der Waals surface area contributed by atoms with Gasteiger partial charge in [-0.15, -0.1) is 11.8 Å². The van der Waals surface area contributed by atoms with Gasteiger partial charge < -0.3 is 5.32 Å². The van der Waals surface area contributed by atoms with Crippen LogP contribution in [0.5, 0.6) is 0 Å². The molecule has 96 valence electrons. The Morgan fingerprint density at radius 1 is 1.33 bits per heavy atom. The van der Waals surface area contributed by atoms with E-state index in [2.05, 4.69) is 47.8 Å². The first-order chi connectivity index (χ1) is 8.79. The molecule has 0 bridgehead atoms. The Balaban J connectivity index is 1.82. The minimum absolute atomic E-state index is 0.362. The fourth-order valence-corrected chi connectivity index (χ4v) is 2.53. The lowest BCUT2D eigenvalue weighted by Gasteiger charge is -2.06. The van der Waals surface area contributed by atoms with Gasteiger partial charge >= 0.3 is 0 Å². The van der Waals surface area contributed by atoms with Crippen LogP contribution in [0.15, 0.2) is 47.6 Å². The molecule has 1 N–H and O–H groups in total. The predicted octanol–water partition coefficient (Wildman–Crippen LogP) is 2.96. The molecule has 2 rings (SSSR count). The molecule has 2 aromatic rings. The largest absolute Gasteiger partial charge is 0.313 e. The van der Waals surface area contributed by atoms with Gasteiger partial charge in [0.05, 0.1) is 12.7 Å². The summed E-state index contributed by atoms with van der Waals surface area (Å²) in [7, 11) is 1.97. The number of rotatable bonds is 6. The van der Waals surface area contributed by atoms with E-state index in [4.69, 9.17) is 0 Å².